The van der Waals surface area contributed by atoms with Gasteiger partial charge in [-0.3, -0.25) is 9.59 Å². The Balaban J connectivity index is 1.28. The molecule has 5 rings (SSSR count). The second kappa shape index (κ2) is 10.0. The summed E-state index contributed by atoms with van der Waals surface area (Å²) in [5, 5.41) is 10.7. The fraction of sp³-hybridized carbons (Fsp3) is 0.577. The van der Waals surface area contributed by atoms with Gasteiger partial charge >= 0.3 is 0 Å². The smallest absolute Gasteiger partial charge is 0.257 e. The summed E-state index contributed by atoms with van der Waals surface area (Å²) in [6, 6.07) is 4.70. The second-order valence-corrected chi connectivity index (χ2v) is 11.5. The molecule has 0 radical (unpaired) electrons. The van der Waals surface area contributed by atoms with E-state index in [0.29, 0.717) is 60.2 Å². The maximum Gasteiger partial charge on any atom is 0.257 e. The van der Waals surface area contributed by atoms with Gasteiger partial charge in [0.2, 0.25) is 5.91 Å². The summed E-state index contributed by atoms with van der Waals surface area (Å²) in [6.07, 6.45) is 7.05. The van der Waals surface area contributed by atoms with Crippen molar-refractivity contribution < 1.29 is 18.4 Å². The molecule has 2 aromatic rings. The number of halogens is 2. The lowest BCUT2D eigenvalue weighted by Crippen LogP contribution is -2.57. The van der Waals surface area contributed by atoms with Crippen LogP contribution < -0.4 is 15.5 Å². The van der Waals surface area contributed by atoms with Crippen LogP contribution in [0.3, 0.4) is 0 Å². The summed E-state index contributed by atoms with van der Waals surface area (Å²) in [7, 11) is 0. The van der Waals surface area contributed by atoms with Gasteiger partial charge in [-0.2, -0.15) is 16.9 Å². The molecule has 2 aliphatic heterocycles. The molecule has 1 aliphatic carbocycles. The highest BCUT2D eigenvalue weighted by Crippen LogP contribution is 2.35. The fourth-order valence-corrected chi connectivity index (χ4v) is 5.48. The van der Waals surface area contributed by atoms with Gasteiger partial charge < -0.3 is 15.5 Å². The van der Waals surface area contributed by atoms with Crippen LogP contribution in [0.2, 0.25) is 0 Å². The molecule has 1 saturated carbocycles. The molecule has 2 amide bonds. The van der Waals surface area contributed by atoms with Crippen molar-refractivity contribution in [2.75, 3.05) is 35.3 Å². The third-order valence-electron chi connectivity index (χ3n) is 7.14. The number of anilines is 2. The molecule has 1 atom stereocenters. The Bertz CT molecular complexity index is 1160. The quantitative estimate of drug-likeness (QED) is 0.499. The summed E-state index contributed by atoms with van der Waals surface area (Å²) in [4.78, 5) is 27.3. The normalized spacial score (nSPS) is 20.5. The van der Waals surface area contributed by atoms with Crippen LogP contribution in [0, 0.1) is 11.7 Å². The number of carbonyl (C=O) groups is 2. The number of carbonyl (C=O) groups excluding carboxylic acids is 2. The molecule has 0 bridgehead atoms. The number of aryl methyl sites for hydroxylation is 2. The third kappa shape index (κ3) is 5.68. The van der Waals surface area contributed by atoms with E-state index in [0.717, 1.165) is 12.0 Å². The van der Waals surface area contributed by atoms with E-state index in [4.69, 9.17) is 5.10 Å². The van der Waals surface area contributed by atoms with E-state index in [9.17, 15) is 18.4 Å². The van der Waals surface area contributed by atoms with Crippen molar-refractivity contribution in [2.24, 2.45) is 5.92 Å². The van der Waals surface area contributed by atoms with Crippen LogP contribution in [0.5, 0.6) is 0 Å². The van der Waals surface area contributed by atoms with Crippen LogP contribution in [-0.2, 0) is 24.2 Å². The Morgan fingerprint density at radius 3 is 2.75 bits per heavy atom. The molecule has 1 saturated heterocycles. The number of amides is 2. The van der Waals surface area contributed by atoms with Crippen LogP contribution in [0.4, 0.5) is 20.3 Å². The molecule has 10 heteroatoms. The Hall–Kier alpha value is -2.62. The number of fused-ring (bicyclic) bond motifs is 1. The van der Waals surface area contributed by atoms with Crippen molar-refractivity contribution in [1.29, 1.82) is 0 Å². The average Bonchev–Trinajstić information content (AvgIpc) is 3.56. The molecule has 3 aliphatic rings. The number of hydrogen-bond donors (Lipinski definition) is 2. The molecule has 194 valence electrons. The second-order valence-electron chi connectivity index (χ2n) is 10.6. The number of thioether (sulfide) groups is 1. The van der Waals surface area contributed by atoms with Crippen LogP contribution >= 0.6 is 11.8 Å². The number of hydrogen-bond acceptors (Lipinski definition) is 5. The number of nitrogens with one attached hydrogen (secondary N) is 2. The highest BCUT2D eigenvalue weighted by Gasteiger charge is 2.39. The van der Waals surface area contributed by atoms with Gasteiger partial charge in [0, 0.05) is 24.7 Å². The molecule has 0 spiro atoms. The molecular weight excluding hydrogens is 484 g/mol. The zero-order valence-electron chi connectivity index (χ0n) is 20.8. The summed E-state index contributed by atoms with van der Waals surface area (Å²) in [5.41, 5.74) is 1.43. The molecule has 2 N–H and O–H groups in total. The highest BCUT2D eigenvalue weighted by molar-refractivity contribution is 7.99. The zero-order valence-corrected chi connectivity index (χ0v) is 21.6. The van der Waals surface area contributed by atoms with Gasteiger partial charge in [0.05, 0.1) is 24.5 Å². The van der Waals surface area contributed by atoms with Crippen LogP contribution in [0.15, 0.2) is 18.2 Å². The van der Waals surface area contributed by atoms with Gasteiger partial charge in [-0.25, -0.2) is 13.5 Å². The van der Waals surface area contributed by atoms with Crippen molar-refractivity contribution in [1.82, 2.24) is 15.1 Å². The van der Waals surface area contributed by atoms with Crippen molar-refractivity contribution in [3.05, 3.63) is 40.8 Å². The summed E-state index contributed by atoms with van der Waals surface area (Å²) < 4.78 is 30.0. The first-order chi connectivity index (χ1) is 17.2. The summed E-state index contributed by atoms with van der Waals surface area (Å²) in [6.45, 7) is 2.74. The molecular formula is C26H33F2N5O2S. The first-order valence-electron chi connectivity index (χ1n) is 12.6. The molecule has 0 unspecified atom stereocenters. The average molecular weight is 518 g/mol. The Labute approximate surface area is 214 Å². The Morgan fingerprint density at radius 1 is 1.28 bits per heavy atom. The molecule has 2 fully saturated rings. The van der Waals surface area contributed by atoms with E-state index < -0.39 is 5.67 Å². The number of benzene rings is 1. The van der Waals surface area contributed by atoms with E-state index in [2.05, 4.69) is 10.6 Å². The summed E-state index contributed by atoms with van der Waals surface area (Å²) in [5.74, 6) is 0.777. The van der Waals surface area contributed by atoms with Crippen LogP contribution in [0.25, 0.3) is 0 Å². The maximum absolute atomic E-state index is 14.3. The van der Waals surface area contributed by atoms with Crippen molar-refractivity contribution >= 4 is 35.1 Å². The van der Waals surface area contributed by atoms with Crippen molar-refractivity contribution in [3.8, 4) is 0 Å². The van der Waals surface area contributed by atoms with Gasteiger partial charge in [0.15, 0.2) is 0 Å². The molecule has 36 heavy (non-hydrogen) atoms. The monoisotopic (exact) mass is 517 g/mol. The van der Waals surface area contributed by atoms with E-state index >= 15 is 0 Å². The SMILES string of the molecule is CSCC(=O)Nc1c2c(nn1CCC1CC1)C[C@H](CCc1cc(F)cc(N3CC(C)(F)C3)c1)NC2=O. The lowest BCUT2D eigenvalue weighted by molar-refractivity contribution is -0.113. The lowest BCUT2D eigenvalue weighted by Gasteiger charge is -2.44. The predicted octanol–water partition coefficient (Wildman–Crippen LogP) is 3.96. The molecule has 1 aromatic carbocycles. The molecule has 3 heterocycles. The third-order valence-corrected chi connectivity index (χ3v) is 7.69. The zero-order chi connectivity index (χ0) is 25.4. The minimum Gasteiger partial charge on any atom is -0.365 e. The largest absolute Gasteiger partial charge is 0.365 e. The maximum atomic E-state index is 14.3. The lowest BCUT2D eigenvalue weighted by atomic mass is 9.95. The number of alkyl halides is 1. The summed E-state index contributed by atoms with van der Waals surface area (Å²) >= 11 is 1.43. The van der Waals surface area contributed by atoms with E-state index in [1.54, 1.807) is 11.6 Å². The molecule has 7 nitrogen and oxygen atoms in total. The van der Waals surface area contributed by atoms with Gasteiger partial charge in [-0.05, 0) is 62.1 Å². The van der Waals surface area contributed by atoms with Gasteiger partial charge in [-0.15, -0.1) is 0 Å². The number of aromatic nitrogens is 2. The van der Waals surface area contributed by atoms with Crippen molar-refractivity contribution in [2.45, 2.75) is 63.7 Å². The van der Waals surface area contributed by atoms with Crippen LogP contribution in [0.1, 0.15) is 54.2 Å². The highest BCUT2D eigenvalue weighted by atomic mass is 32.2. The van der Waals surface area contributed by atoms with Crippen molar-refractivity contribution in [3.63, 3.8) is 0 Å². The predicted molar refractivity (Wildman–Crippen MR) is 138 cm³/mol. The van der Waals surface area contributed by atoms with Crippen LogP contribution in [-0.4, -0.2) is 58.4 Å². The van der Waals surface area contributed by atoms with Gasteiger partial charge in [-0.1, -0.05) is 12.8 Å². The number of rotatable bonds is 10. The number of nitrogens with zero attached hydrogens (tertiary/aromatic N) is 3. The minimum atomic E-state index is -1.23. The molecule has 1 aromatic heterocycles. The minimum absolute atomic E-state index is 0.142. The first kappa shape index (κ1) is 25.0. The van der Waals surface area contributed by atoms with E-state index in [1.807, 2.05) is 17.2 Å². The standard InChI is InChI=1S/C26H33F2N5O2S/c1-26(28)14-32(15-26)20-10-17(9-18(27)11-20)5-6-19-12-21-23(25(35)29-19)24(30-22(34)13-36-2)33(31-21)8-7-16-3-4-16/h9-11,16,19H,3-8,12-15H2,1-2H3,(H,29,35)(H,30,34)/t19-/m0/s1. The Kier molecular flexibility index (Phi) is 6.98. The van der Waals surface area contributed by atoms with Gasteiger partial charge in [0.25, 0.3) is 5.91 Å². The van der Waals surface area contributed by atoms with E-state index in [-0.39, 0.29) is 36.8 Å². The first-order valence-corrected chi connectivity index (χ1v) is 14.0. The van der Waals surface area contributed by atoms with E-state index in [1.165, 1.54) is 36.7 Å². The Morgan fingerprint density at radius 2 is 2.06 bits per heavy atom. The fourth-order valence-electron chi connectivity index (χ4n) is 5.14. The topological polar surface area (TPSA) is 79.3 Å². The van der Waals surface area contributed by atoms with Gasteiger partial charge in [0.1, 0.15) is 22.9 Å².